The number of allylic oxidation sites excluding steroid dienone is 1. The maximum atomic E-state index is 13.8. The fourth-order valence-electron chi connectivity index (χ4n) is 4.29. The fourth-order valence-corrected chi connectivity index (χ4v) is 4.29. The number of hydrogen-bond acceptors (Lipinski definition) is 4. The van der Waals surface area contributed by atoms with Crippen molar-refractivity contribution in [3.05, 3.63) is 64.5 Å². The summed E-state index contributed by atoms with van der Waals surface area (Å²) >= 11 is 0. The number of aromatic amines is 1. The predicted octanol–water partition coefficient (Wildman–Crippen LogP) is 4.98. The number of aryl methyl sites for hydroxylation is 1. The molecule has 2 heterocycles. The van der Waals surface area contributed by atoms with Crippen molar-refractivity contribution in [2.45, 2.75) is 32.7 Å². The molecule has 1 aliphatic rings. The van der Waals surface area contributed by atoms with E-state index in [0.717, 1.165) is 39.7 Å². The first kappa shape index (κ1) is 20.1. The van der Waals surface area contributed by atoms with Gasteiger partial charge in [0.15, 0.2) is 11.5 Å². The molecule has 1 aliphatic heterocycles. The molecule has 0 saturated carbocycles. The van der Waals surface area contributed by atoms with E-state index in [1.54, 1.807) is 14.2 Å². The van der Waals surface area contributed by atoms with Crippen LogP contribution in [0.3, 0.4) is 0 Å². The van der Waals surface area contributed by atoms with Crippen LogP contribution < -0.4 is 9.47 Å². The van der Waals surface area contributed by atoms with Gasteiger partial charge in [0.05, 0.1) is 25.5 Å². The SMILES string of the molecule is COc1cc2c(cc1OC)CC(C)(C)N(C)C(C(=O)c1c(C)[nH]c3ccccc13)=C2. The Morgan fingerprint density at radius 1 is 1.10 bits per heavy atom. The summed E-state index contributed by atoms with van der Waals surface area (Å²) in [7, 11) is 5.26. The van der Waals surface area contributed by atoms with Crippen molar-refractivity contribution in [1.29, 1.82) is 0 Å². The van der Waals surface area contributed by atoms with E-state index in [1.807, 2.05) is 56.4 Å². The molecule has 5 heteroatoms. The minimum absolute atomic E-state index is 0.0168. The van der Waals surface area contributed by atoms with Gasteiger partial charge in [0.1, 0.15) is 0 Å². The molecule has 0 spiro atoms. The molecular formula is C25H28N2O3. The number of fused-ring (bicyclic) bond motifs is 2. The van der Waals surface area contributed by atoms with Crippen molar-refractivity contribution in [3.8, 4) is 11.5 Å². The lowest BCUT2D eigenvalue weighted by Crippen LogP contribution is -2.43. The van der Waals surface area contributed by atoms with Crippen molar-refractivity contribution in [3.63, 3.8) is 0 Å². The first-order valence-corrected chi connectivity index (χ1v) is 10.1. The van der Waals surface area contributed by atoms with E-state index in [9.17, 15) is 4.79 Å². The molecule has 0 saturated heterocycles. The maximum absolute atomic E-state index is 13.8. The Balaban J connectivity index is 1.92. The van der Waals surface area contributed by atoms with E-state index in [-0.39, 0.29) is 11.3 Å². The summed E-state index contributed by atoms with van der Waals surface area (Å²) in [5.41, 5.74) is 5.09. The van der Waals surface area contributed by atoms with Crippen LogP contribution in [0.4, 0.5) is 0 Å². The number of nitrogens with one attached hydrogen (secondary N) is 1. The van der Waals surface area contributed by atoms with Gasteiger partial charge in [-0.25, -0.2) is 0 Å². The summed E-state index contributed by atoms with van der Waals surface area (Å²) in [4.78, 5) is 19.3. The number of aromatic nitrogens is 1. The Bertz CT molecular complexity index is 1170. The number of carbonyl (C=O) groups excluding carboxylic acids is 1. The van der Waals surface area contributed by atoms with Crippen molar-refractivity contribution < 1.29 is 14.3 Å². The number of methoxy groups -OCH3 is 2. The molecule has 1 N–H and O–H groups in total. The third-order valence-corrected chi connectivity index (χ3v) is 6.18. The van der Waals surface area contributed by atoms with Crippen molar-refractivity contribution in [2.75, 3.05) is 21.3 Å². The molecule has 0 radical (unpaired) electrons. The average Bonchev–Trinajstić information content (AvgIpc) is 3.01. The molecule has 4 rings (SSSR count). The summed E-state index contributed by atoms with van der Waals surface area (Å²) in [5, 5.41) is 0.948. The van der Waals surface area contributed by atoms with E-state index in [2.05, 4.69) is 23.7 Å². The van der Waals surface area contributed by atoms with Crippen LogP contribution in [-0.2, 0) is 6.42 Å². The predicted molar refractivity (Wildman–Crippen MR) is 120 cm³/mol. The standard InChI is InChI=1S/C25H28N2O3/c1-15-23(18-9-7-8-10-19(18)26-15)24(28)20-11-16-12-21(29-5)22(30-6)13-17(16)14-25(2,3)27(20)4/h7-13,26H,14H2,1-6H3. The van der Waals surface area contributed by atoms with E-state index in [0.29, 0.717) is 17.2 Å². The molecule has 0 amide bonds. The monoisotopic (exact) mass is 404 g/mol. The van der Waals surface area contributed by atoms with Gasteiger partial charge in [-0.1, -0.05) is 18.2 Å². The Hall–Kier alpha value is -3.21. The number of ether oxygens (including phenoxy) is 2. The largest absolute Gasteiger partial charge is 0.493 e. The van der Waals surface area contributed by atoms with E-state index < -0.39 is 0 Å². The van der Waals surface area contributed by atoms with E-state index in [4.69, 9.17) is 9.47 Å². The maximum Gasteiger partial charge on any atom is 0.211 e. The zero-order valence-electron chi connectivity index (χ0n) is 18.4. The number of ketones is 1. The normalized spacial score (nSPS) is 15.4. The highest BCUT2D eigenvalue weighted by atomic mass is 16.5. The summed E-state index contributed by atoms with van der Waals surface area (Å²) in [6.07, 6.45) is 2.76. The average molecular weight is 405 g/mol. The van der Waals surface area contributed by atoms with Gasteiger partial charge >= 0.3 is 0 Å². The summed E-state index contributed by atoms with van der Waals surface area (Å²) < 4.78 is 11.0. The number of likely N-dealkylation sites (N-methyl/N-ethyl adjacent to an activating group) is 1. The van der Waals surface area contributed by atoms with E-state index >= 15 is 0 Å². The van der Waals surface area contributed by atoms with Crippen LogP contribution in [0, 0.1) is 6.92 Å². The van der Waals surface area contributed by atoms with Crippen molar-refractivity contribution in [1.82, 2.24) is 9.88 Å². The Morgan fingerprint density at radius 2 is 1.77 bits per heavy atom. The minimum atomic E-state index is -0.258. The molecule has 2 aromatic carbocycles. The van der Waals surface area contributed by atoms with Crippen LogP contribution in [0.5, 0.6) is 11.5 Å². The van der Waals surface area contributed by atoms with Gasteiger partial charge in [-0.2, -0.15) is 0 Å². The zero-order valence-corrected chi connectivity index (χ0v) is 18.4. The highest BCUT2D eigenvalue weighted by Crippen LogP contribution is 2.38. The van der Waals surface area contributed by atoms with Gasteiger partial charge < -0.3 is 19.4 Å². The summed E-state index contributed by atoms with van der Waals surface area (Å²) in [6, 6.07) is 11.9. The Labute approximate surface area is 177 Å². The molecule has 0 aliphatic carbocycles. The molecule has 0 bridgehead atoms. The fraction of sp³-hybridized carbons (Fsp3) is 0.320. The Kier molecular flexibility index (Phi) is 4.85. The van der Waals surface area contributed by atoms with Gasteiger partial charge in [0, 0.05) is 29.2 Å². The molecule has 1 aromatic heterocycles. The third kappa shape index (κ3) is 3.15. The molecule has 30 heavy (non-hydrogen) atoms. The van der Waals surface area contributed by atoms with Crippen molar-refractivity contribution >= 4 is 22.8 Å². The van der Waals surface area contributed by atoms with Crippen LogP contribution in [-0.4, -0.2) is 42.5 Å². The van der Waals surface area contributed by atoms with Gasteiger partial charge in [0.2, 0.25) is 5.78 Å². The first-order valence-electron chi connectivity index (χ1n) is 10.1. The number of benzene rings is 2. The first-order chi connectivity index (χ1) is 14.3. The number of carbonyl (C=O) groups is 1. The second kappa shape index (κ2) is 7.24. The lowest BCUT2D eigenvalue weighted by atomic mass is 9.92. The summed E-state index contributed by atoms with van der Waals surface area (Å²) in [5.74, 6) is 1.37. The van der Waals surface area contributed by atoms with Crippen LogP contribution in [0.2, 0.25) is 0 Å². The number of H-pyrrole nitrogens is 1. The molecule has 0 unspecified atom stereocenters. The Morgan fingerprint density at radius 3 is 2.47 bits per heavy atom. The quantitative estimate of drug-likeness (QED) is 0.623. The van der Waals surface area contributed by atoms with Gasteiger partial charge in [-0.15, -0.1) is 0 Å². The topological polar surface area (TPSA) is 54.6 Å². The van der Waals surface area contributed by atoms with Crippen LogP contribution >= 0.6 is 0 Å². The molecule has 3 aromatic rings. The van der Waals surface area contributed by atoms with Gasteiger partial charge in [-0.05, 0) is 62.6 Å². The van der Waals surface area contributed by atoms with Crippen LogP contribution in [0.1, 0.15) is 41.0 Å². The van der Waals surface area contributed by atoms with Crippen LogP contribution in [0.25, 0.3) is 17.0 Å². The number of Topliss-reactive ketones (excluding diaryl/α,β-unsaturated/α-hetero) is 1. The van der Waals surface area contributed by atoms with Crippen molar-refractivity contribution in [2.24, 2.45) is 0 Å². The molecule has 0 atom stereocenters. The molecule has 156 valence electrons. The van der Waals surface area contributed by atoms with Gasteiger partial charge in [-0.3, -0.25) is 4.79 Å². The number of para-hydroxylation sites is 1. The second-order valence-corrected chi connectivity index (χ2v) is 8.48. The third-order valence-electron chi connectivity index (χ3n) is 6.18. The highest BCUT2D eigenvalue weighted by Gasteiger charge is 2.34. The molecule has 5 nitrogen and oxygen atoms in total. The lowest BCUT2D eigenvalue weighted by molar-refractivity contribution is 0.0959. The zero-order chi connectivity index (χ0) is 21.6. The highest BCUT2D eigenvalue weighted by molar-refractivity contribution is 6.18. The van der Waals surface area contributed by atoms with E-state index in [1.165, 1.54) is 0 Å². The van der Waals surface area contributed by atoms with Crippen LogP contribution in [0.15, 0.2) is 42.1 Å². The van der Waals surface area contributed by atoms with Gasteiger partial charge in [0.25, 0.3) is 0 Å². The second-order valence-electron chi connectivity index (χ2n) is 8.48. The number of hydrogen-bond donors (Lipinski definition) is 1. The molecule has 0 fully saturated rings. The molecular weight excluding hydrogens is 376 g/mol. The summed E-state index contributed by atoms with van der Waals surface area (Å²) in [6.45, 7) is 6.27. The number of rotatable bonds is 4. The smallest absolute Gasteiger partial charge is 0.211 e. The number of nitrogens with zero attached hydrogens (tertiary/aromatic N) is 1. The minimum Gasteiger partial charge on any atom is -0.493 e. The lowest BCUT2D eigenvalue weighted by Gasteiger charge is -2.37.